The van der Waals surface area contributed by atoms with E-state index in [2.05, 4.69) is 46.5 Å². The number of likely N-dealkylation sites (N-methyl/N-ethyl adjacent to an activating group) is 1. The number of hydrogen-bond donors (Lipinski definition) is 0. The standard InChI is InChI=1S/C29H43N7O/c1-20-15-27(23-17-30-34(4)28(23)31-20)35-12-9-26-24(18-35)21(2)32-36(26)19-29-10-6-7-22(16-29)25(8-11-29)33(3)13-14-37-5/h15,17,22,25H,6-14,16,18-19H2,1-5H3. The molecule has 3 atom stereocenters. The summed E-state index contributed by atoms with van der Waals surface area (Å²) in [5.41, 5.74) is 7.76. The Bertz CT molecular complexity index is 1280. The average Bonchev–Trinajstić information content (AvgIpc) is 3.41. The summed E-state index contributed by atoms with van der Waals surface area (Å²) in [6.45, 7) is 9.16. The number of aryl methyl sites for hydroxylation is 3. The highest BCUT2D eigenvalue weighted by molar-refractivity contribution is 5.89. The summed E-state index contributed by atoms with van der Waals surface area (Å²) in [5.74, 6) is 0.809. The molecule has 2 fully saturated rings. The molecule has 8 heteroatoms. The molecule has 3 aromatic rings. The number of rotatable bonds is 7. The van der Waals surface area contributed by atoms with Crippen molar-refractivity contribution in [1.82, 2.24) is 29.4 Å². The number of hydrogen-bond acceptors (Lipinski definition) is 6. The lowest BCUT2D eigenvalue weighted by Gasteiger charge is -2.51. The van der Waals surface area contributed by atoms with E-state index in [4.69, 9.17) is 14.8 Å². The van der Waals surface area contributed by atoms with E-state index in [1.54, 1.807) is 0 Å². The van der Waals surface area contributed by atoms with Crippen LogP contribution >= 0.6 is 0 Å². The molecule has 37 heavy (non-hydrogen) atoms. The molecular weight excluding hydrogens is 462 g/mol. The van der Waals surface area contributed by atoms with Crippen molar-refractivity contribution in [2.75, 3.05) is 38.8 Å². The average molecular weight is 506 g/mol. The molecule has 0 saturated heterocycles. The van der Waals surface area contributed by atoms with E-state index >= 15 is 0 Å². The molecule has 2 aliphatic carbocycles. The SMILES string of the molecule is COCCN(C)C1CCC2(Cn3nc(C)c4c3CCN(c3cc(C)nc5c3cnn5C)C4)CCCC1C2. The van der Waals surface area contributed by atoms with Crippen LogP contribution in [0.25, 0.3) is 11.0 Å². The van der Waals surface area contributed by atoms with Crippen LogP contribution in [-0.4, -0.2) is 69.3 Å². The van der Waals surface area contributed by atoms with Crippen LogP contribution in [0.5, 0.6) is 0 Å². The summed E-state index contributed by atoms with van der Waals surface area (Å²) < 4.78 is 9.67. The molecule has 3 aromatic heterocycles. The summed E-state index contributed by atoms with van der Waals surface area (Å²) in [7, 11) is 6.08. The summed E-state index contributed by atoms with van der Waals surface area (Å²) in [4.78, 5) is 9.81. The van der Waals surface area contributed by atoms with Gasteiger partial charge in [0.1, 0.15) is 0 Å². The van der Waals surface area contributed by atoms with Gasteiger partial charge in [-0.2, -0.15) is 10.2 Å². The number of pyridine rings is 1. The van der Waals surface area contributed by atoms with Crippen molar-refractivity contribution in [2.45, 2.75) is 77.9 Å². The maximum Gasteiger partial charge on any atom is 0.159 e. The van der Waals surface area contributed by atoms with Crippen LogP contribution < -0.4 is 4.90 Å². The largest absolute Gasteiger partial charge is 0.383 e. The Morgan fingerprint density at radius 2 is 2.08 bits per heavy atom. The molecule has 6 rings (SSSR count). The van der Waals surface area contributed by atoms with Gasteiger partial charge in [-0.3, -0.25) is 9.36 Å². The Balaban J connectivity index is 1.21. The first kappa shape index (κ1) is 24.9. The molecule has 0 N–H and O–H groups in total. The highest BCUT2D eigenvalue weighted by Crippen LogP contribution is 2.51. The van der Waals surface area contributed by atoms with E-state index in [1.165, 1.54) is 61.2 Å². The molecule has 0 amide bonds. The first-order chi connectivity index (χ1) is 17.9. The second kappa shape index (κ2) is 9.70. The van der Waals surface area contributed by atoms with Crippen molar-refractivity contribution in [3.8, 4) is 0 Å². The second-order valence-electron chi connectivity index (χ2n) is 12.1. The predicted octanol–water partition coefficient (Wildman–Crippen LogP) is 4.26. The third-order valence-corrected chi connectivity index (χ3v) is 9.68. The van der Waals surface area contributed by atoms with Gasteiger partial charge in [-0.05, 0) is 70.4 Å². The molecule has 0 spiro atoms. The molecule has 1 aliphatic heterocycles. The minimum absolute atomic E-state index is 0.412. The Kier molecular flexibility index (Phi) is 6.51. The summed E-state index contributed by atoms with van der Waals surface area (Å²) in [6.07, 6.45) is 11.1. The normalized spacial score (nSPS) is 25.7. The van der Waals surface area contributed by atoms with E-state index < -0.39 is 0 Å². The van der Waals surface area contributed by atoms with Crippen molar-refractivity contribution in [3.05, 3.63) is 34.9 Å². The smallest absolute Gasteiger partial charge is 0.159 e. The lowest BCUT2D eigenvalue weighted by molar-refractivity contribution is -0.00970. The van der Waals surface area contributed by atoms with Crippen LogP contribution in [0, 0.1) is 25.2 Å². The monoisotopic (exact) mass is 505 g/mol. The molecule has 3 aliphatic rings. The van der Waals surface area contributed by atoms with Crippen LogP contribution in [0.4, 0.5) is 5.69 Å². The number of nitrogens with zero attached hydrogens (tertiary/aromatic N) is 7. The maximum atomic E-state index is 5.36. The lowest BCUT2D eigenvalue weighted by atomic mass is 9.60. The second-order valence-corrected chi connectivity index (χ2v) is 12.1. The Morgan fingerprint density at radius 1 is 1.22 bits per heavy atom. The number of anilines is 1. The van der Waals surface area contributed by atoms with Crippen molar-refractivity contribution >= 4 is 16.7 Å². The number of fused-ring (bicyclic) bond motifs is 4. The first-order valence-corrected chi connectivity index (χ1v) is 14.2. The van der Waals surface area contributed by atoms with E-state index in [9.17, 15) is 0 Å². The van der Waals surface area contributed by atoms with Gasteiger partial charge in [0.25, 0.3) is 0 Å². The van der Waals surface area contributed by atoms with Gasteiger partial charge in [-0.25, -0.2) is 4.98 Å². The third kappa shape index (κ3) is 4.46. The lowest BCUT2D eigenvalue weighted by Crippen LogP contribution is -2.49. The molecule has 0 radical (unpaired) electrons. The van der Waals surface area contributed by atoms with Gasteiger partial charge in [-0.15, -0.1) is 0 Å². The van der Waals surface area contributed by atoms with E-state index in [0.29, 0.717) is 11.5 Å². The Labute approximate surface area is 221 Å². The molecule has 200 valence electrons. The zero-order valence-electron chi connectivity index (χ0n) is 23.3. The third-order valence-electron chi connectivity index (χ3n) is 9.68. The fourth-order valence-electron chi connectivity index (χ4n) is 7.75. The Morgan fingerprint density at radius 3 is 2.92 bits per heavy atom. The van der Waals surface area contributed by atoms with Crippen molar-refractivity contribution in [2.24, 2.45) is 18.4 Å². The van der Waals surface area contributed by atoms with Crippen LogP contribution in [0.2, 0.25) is 0 Å². The van der Waals surface area contributed by atoms with Gasteiger partial charge in [-0.1, -0.05) is 6.42 Å². The van der Waals surface area contributed by atoms with Crippen molar-refractivity contribution < 1.29 is 4.74 Å². The maximum absolute atomic E-state index is 5.36. The van der Waals surface area contributed by atoms with Crippen LogP contribution in [0.15, 0.2) is 12.3 Å². The molecule has 2 saturated carbocycles. The van der Waals surface area contributed by atoms with Gasteiger partial charge in [0.15, 0.2) is 5.65 Å². The van der Waals surface area contributed by atoms with Crippen LogP contribution in [-0.2, 0) is 31.3 Å². The van der Waals surface area contributed by atoms with E-state index in [0.717, 1.165) is 61.9 Å². The minimum atomic E-state index is 0.412. The van der Waals surface area contributed by atoms with Gasteiger partial charge < -0.3 is 14.5 Å². The molecule has 3 unspecified atom stereocenters. The van der Waals surface area contributed by atoms with E-state index in [1.807, 2.05) is 25.0 Å². The zero-order valence-corrected chi connectivity index (χ0v) is 23.3. The van der Waals surface area contributed by atoms with E-state index in [-0.39, 0.29) is 0 Å². The Hall–Kier alpha value is -2.45. The van der Waals surface area contributed by atoms with Gasteiger partial charge in [0.05, 0.1) is 29.6 Å². The topological polar surface area (TPSA) is 64.2 Å². The number of aromatic nitrogens is 5. The number of ether oxygens (including phenoxy) is 1. The number of methoxy groups -OCH3 is 1. The summed E-state index contributed by atoms with van der Waals surface area (Å²) in [5, 5.41) is 10.8. The highest BCUT2D eigenvalue weighted by Gasteiger charge is 2.45. The zero-order chi connectivity index (χ0) is 25.7. The quantitative estimate of drug-likeness (QED) is 0.478. The predicted molar refractivity (Wildman–Crippen MR) is 147 cm³/mol. The molecule has 2 bridgehead atoms. The van der Waals surface area contributed by atoms with Gasteiger partial charge >= 0.3 is 0 Å². The summed E-state index contributed by atoms with van der Waals surface area (Å²) in [6, 6.07) is 2.93. The minimum Gasteiger partial charge on any atom is -0.383 e. The molecule has 8 nitrogen and oxygen atoms in total. The highest BCUT2D eigenvalue weighted by atomic mass is 16.5. The first-order valence-electron chi connectivity index (χ1n) is 14.2. The van der Waals surface area contributed by atoms with Gasteiger partial charge in [0, 0.05) is 69.8 Å². The fraction of sp³-hybridized carbons (Fsp3) is 0.690. The molecule has 4 heterocycles. The summed E-state index contributed by atoms with van der Waals surface area (Å²) >= 11 is 0. The van der Waals surface area contributed by atoms with Crippen molar-refractivity contribution in [1.29, 1.82) is 0 Å². The fourth-order valence-corrected chi connectivity index (χ4v) is 7.75. The molecular formula is C29H43N7O. The van der Waals surface area contributed by atoms with Crippen molar-refractivity contribution in [3.63, 3.8) is 0 Å². The van der Waals surface area contributed by atoms with Crippen LogP contribution in [0.3, 0.4) is 0 Å². The van der Waals surface area contributed by atoms with Gasteiger partial charge in [0.2, 0.25) is 0 Å². The molecule has 0 aromatic carbocycles. The van der Waals surface area contributed by atoms with Crippen LogP contribution in [0.1, 0.15) is 61.2 Å².